The van der Waals surface area contributed by atoms with Gasteiger partial charge in [-0.15, -0.1) is 0 Å². The van der Waals surface area contributed by atoms with Gasteiger partial charge in [0.2, 0.25) is 0 Å². The van der Waals surface area contributed by atoms with E-state index < -0.39 is 104 Å². The molecule has 352 valence electrons. The number of esters is 2. The first kappa shape index (κ1) is 46.6. The molecule has 4 saturated carbocycles. The molecule has 18 nitrogen and oxygen atoms in total. The van der Waals surface area contributed by atoms with Crippen molar-refractivity contribution in [2.45, 2.75) is 190 Å². The maximum atomic E-state index is 12.6. The van der Waals surface area contributed by atoms with Crippen LogP contribution in [0.4, 0.5) is 0 Å². The molecule has 18 heteroatoms. The molecule has 0 aromatic heterocycles. The van der Waals surface area contributed by atoms with Crippen molar-refractivity contribution in [2.24, 2.45) is 34.5 Å². The highest BCUT2D eigenvalue weighted by molar-refractivity contribution is 5.85. The Morgan fingerprint density at radius 2 is 1.47 bits per heavy atom. The highest BCUT2D eigenvalue weighted by Crippen LogP contribution is 2.70. The van der Waals surface area contributed by atoms with Crippen molar-refractivity contribution in [1.29, 1.82) is 0 Å². The third-order valence-electron chi connectivity index (χ3n) is 16.7. The molecule has 0 bridgehead atoms. The SMILES string of the molecule is COC1CC(OCC2OC(OCC3OC(OC4CCC5(C)C(CCC6C5CCC5(C)C(C7=CC(=O)OC7)CCC65O)C4)C(O)C(O)C3O)C(O)C(O)C2O)OC(C)C1OC(C)=O. The minimum absolute atomic E-state index is 0.0356. The van der Waals surface area contributed by atoms with E-state index in [4.69, 9.17) is 42.6 Å². The molecular formula is C44H68O18. The summed E-state index contributed by atoms with van der Waals surface area (Å²) in [6.07, 6.45) is -8.73. The van der Waals surface area contributed by atoms with Crippen LogP contribution in [-0.4, -0.2) is 172 Å². The summed E-state index contributed by atoms with van der Waals surface area (Å²) in [5.41, 5.74) is -0.180. The van der Waals surface area contributed by atoms with Crippen LogP contribution in [0.5, 0.6) is 0 Å². The van der Waals surface area contributed by atoms with E-state index in [-0.39, 0.29) is 47.8 Å². The Morgan fingerprint density at radius 1 is 0.790 bits per heavy atom. The Bertz CT molecular complexity index is 1650. The molecule has 7 fully saturated rings. The summed E-state index contributed by atoms with van der Waals surface area (Å²) in [7, 11) is 1.47. The summed E-state index contributed by atoms with van der Waals surface area (Å²) in [5, 5.41) is 77.8. The lowest BCUT2D eigenvalue weighted by molar-refractivity contribution is -0.342. The molecule has 4 aliphatic heterocycles. The van der Waals surface area contributed by atoms with Crippen LogP contribution in [0.1, 0.15) is 91.9 Å². The molecule has 4 heterocycles. The molecule has 0 amide bonds. The Morgan fingerprint density at radius 3 is 2.13 bits per heavy atom. The average molecular weight is 885 g/mol. The molecule has 8 aliphatic rings. The number of ether oxygens (including phenoxy) is 9. The van der Waals surface area contributed by atoms with Crippen molar-refractivity contribution < 1.29 is 88.0 Å². The van der Waals surface area contributed by atoms with Crippen LogP contribution in [0.3, 0.4) is 0 Å². The zero-order valence-corrected chi connectivity index (χ0v) is 36.4. The minimum Gasteiger partial charge on any atom is -0.458 e. The fourth-order valence-electron chi connectivity index (χ4n) is 13.1. The van der Waals surface area contributed by atoms with Gasteiger partial charge in [0.25, 0.3) is 0 Å². The molecule has 8 rings (SSSR count). The molecule has 0 aromatic rings. The first-order chi connectivity index (χ1) is 29.4. The maximum Gasteiger partial charge on any atom is 0.331 e. The normalized spacial score (nSPS) is 51.7. The van der Waals surface area contributed by atoms with Crippen molar-refractivity contribution in [2.75, 3.05) is 26.9 Å². The molecule has 62 heavy (non-hydrogen) atoms. The summed E-state index contributed by atoms with van der Waals surface area (Å²) < 4.78 is 52.0. The van der Waals surface area contributed by atoms with Gasteiger partial charge in [-0.1, -0.05) is 13.8 Å². The van der Waals surface area contributed by atoms with Gasteiger partial charge in [0.15, 0.2) is 25.0 Å². The van der Waals surface area contributed by atoms with Gasteiger partial charge < -0.3 is 78.4 Å². The predicted octanol–water partition coefficient (Wildman–Crippen LogP) is 0.359. The van der Waals surface area contributed by atoms with Crippen molar-refractivity contribution in [3.8, 4) is 0 Å². The van der Waals surface area contributed by atoms with E-state index in [0.717, 1.165) is 44.1 Å². The molecule has 3 saturated heterocycles. The molecule has 0 aromatic carbocycles. The van der Waals surface area contributed by atoms with E-state index in [2.05, 4.69) is 13.8 Å². The van der Waals surface area contributed by atoms with Crippen LogP contribution in [0, 0.1) is 34.5 Å². The number of methoxy groups -OCH3 is 1. The average Bonchev–Trinajstić information content (AvgIpc) is 3.79. The summed E-state index contributed by atoms with van der Waals surface area (Å²) in [6, 6.07) is 0. The zero-order chi connectivity index (χ0) is 44.5. The Kier molecular flexibility index (Phi) is 13.6. The Balaban J connectivity index is 0.853. The third kappa shape index (κ3) is 8.30. The number of aliphatic hydroxyl groups excluding tert-OH is 6. The smallest absolute Gasteiger partial charge is 0.331 e. The molecule has 22 atom stereocenters. The van der Waals surface area contributed by atoms with Gasteiger partial charge in [-0.3, -0.25) is 4.79 Å². The lowest BCUT2D eigenvalue weighted by Gasteiger charge is -2.64. The predicted molar refractivity (Wildman–Crippen MR) is 211 cm³/mol. The highest BCUT2D eigenvalue weighted by Gasteiger charge is 2.68. The van der Waals surface area contributed by atoms with Gasteiger partial charge >= 0.3 is 11.9 Å². The van der Waals surface area contributed by atoms with E-state index in [9.17, 15) is 45.3 Å². The molecule has 0 spiro atoms. The number of hydrogen-bond acceptors (Lipinski definition) is 18. The number of aliphatic hydroxyl groups is 7. The number of carbonyl (C=O) groups is 2. The molecule has 4 aliphatic carbocycles. The first-order valence-corrected chi connectivity index (χ1v) is 22.6. The van der Waals surface area contributed by atoms with Crippen molar-refractivity contribution in [1.82, 2.24) is 0 Å². The van der Waals surface area contributed by atoms with Crippen molar-refractivity contribution in [3.05, 3.63) is 11.6 Å². The van der Waals surface area contributed by atoms with Crippen molar-refractivity contribution >= 4 is 11.9 Å². The number of hydrogen-bond donors (Lipinski definition) is 7. The molecule has 0 radical (unpaired) electrons. The third-order valence-corrected chi connectivity index (χ3v) is 16.7. The highest BCUT2D eigenvalue weighted by atomic mass is 16.7. The van der Waals surface area contributed by atoms with Crippen LogP contribution in [0.25, 0.3) is 0 Å². The van der Waals surface area contributed by atoms with E-state index in [1.54, 1.807) is 13.0 Å². The summed E-state index contributed by atoms with van der Waals surface area (Å²) in [6.45, 7) is 7.13. The number of rotatable bonds is 11. The van der Waals surface area contributed by atoms with Crippen LogP contribution >= 0.6 is 0 Å². The summed E-state index contributed by atoms with van der Waals surface area (Å²) in [5.74, 6) is 0.101. The van der Waals surface area contributed by atoms with E-state index in [0.29, 0.717) is 37.7 Å². The fraction of sp³-hybridized carbons (Fsp3) is 0.909. The van der Waals surface area contributed by atoms with Gasteiger partial charge in [-0.05, 0) is 99.4 Å². The van der Waals surface area contributed by atoms with Gasteiger partial charge in [0, 0.05) is 31.9 Å². The molecule has 22 unspecified atom stereocenters. The zero-order valence-electron chi connectivity index (χ0n) is 36.4. The van der Waals surface area contributed by atoms with Gasteiger partial charge in [-0.25, -0.2) is 4.79 Å². The number of cyclic esters (lactones) is 1. The molecular weight excluding hydrogens is 816 g/mol. The molecule has 7 N–H and O–H groups in total. The van der Waals surface area contributed by atoms with E-state index in [1.165, 1.54) is 14.0 Å². The van der Waals surface area contributed by atoms with E-state index >= 15 is 0 Å². The summed E-state index contributed by atoms with van der Waals surface area (Å²) >= 11 is 0. The fourth-order valence-corrected chi connectivity index (χ4v) is 13.1. The minimum atomic E-state index is -1.71. The van der Waals surface area contributed by atoms with Crippen molar-refractivity contribution in [3.63, 3.8) is 0 Å². The van der Waals surface area contributed by atoms with E-state index in [1.807, 2.05) is 0 Å². The van der Waals surface area contributed by atoms with Gasteiger partial charge in [-0.2, -0.15) is 0 Å². The maximum absolute atomic E-state index is 12.6. The Labute approximate surface area is 362 Å². The summed E-state index contributed by atoms with van der Waals surface area (Å²) in [4.78, 5) is 23.6. The van der Waals surface area contributed by atoms with Crippen LogP contribution in [0.15, 0.2) is 11.6 Å². The Hall–Kier alpha value is -1.88. The second-order valence-electron chi connectivity index (χ2n) is 19.9. The number of fused-ring (bicyclic) bond motifs is 5. The lowest BCUT2D eigenvalue weighted by atomic mass is 9.43. The quantitative estimate of drug-likeness (QED) is 0.109. The second kappa shape index (κ2) is 18.1. The standard InChI is InChI=1S/C44H68O18/c1-20-39(59-21(2)45)28(54-5)16-32(58-20)56-18-29-33(47)35(49)37(51)40(61-29)57-19-30-34(48)36(50)38(52)41(62-30)60-24-8-11-42(3)23(15-24)6-7-27-26(42)9-12-43(4)25(10-13-44(27,43)53)22-14-31(46)55-17-22/h14,20,23-30,32-41,47-53H,6-13,15-19H2,1-5H3. The van der Waals surface area contributed by atoms with Crippen LogP contribution < -0.4 is 0 Å². The van der Waals surface area contributed by atoms with Gasteiger partial charge in [0.05, 0.1) is 31.0 Å². The number of carbonyl (C=O) groups excluding carboxylic acids is 2. The van der Waals surface area contributed by atoms with Gasteiger partial charge in [0.1, 0.15) is 61.5 Å². The van der Waals surface area contributed by atoms with Crippen LogP contribution in [0.2, 0.25) is 0 Å². The second-order valence-corrected chi connectivity index (χ2v) is 19.9. The monoisotopic (exact) mass is 884 g/mol. The topological polar surface area (TPSA) is 259 Å². The lowest BCUT2D eigenvalue weighted by Crippen LogP contribution is -2.63. The first-order valence-electron chi connectivity index (χ1n) is 22.6. The largest absolute Gasteiger partial charge is 0.458 e. The van der Waals surface area contributed by atoms with Crippen LogP contribution in [-0.2, 0) is 52.2 Å².